The van der Waals surface area contributed by atoms with Crippen LogP contribution in [0.1, 0.15) is 18.5 Å². The summed E-state index contributed by atoms with van der Waals surface area (Å²) in [4.78, 5) is 2.19. The van der Waals surface area contributed by atoms with E-state index in [1.54, 1.807) is 7.11 Å². The fourth-order valence-corrected chi connectivity index (χ4v) is 2.22. The second-order valence-electron chi connectivity index (χ2n) is 4.33. The lowest BCUT2D eigenvalue weighted by molar-refractivity contribution is 0.131. The summed E-state index contributed by atoms with van der Waals surface area (Å²) in [6, 6.07) is 8.05. The molecule has 0 spiro atoms. The summed E-state index contributed by atoms with van der Waals surface area (Å²) in [6.45, 7) is 3.55. The fraction of sp³-hybridized carbons (Fsp3) is 0.538. The molecule has 0 radical (unpaired) electrons. The summed E-state index contributed by atoms with van der Waals surface area (Å²) < 4.78 is 5.09. The van der Waals surface area contributed by atoms with Crippen LogP contribution in [0, 0.1) is 0 Å². The Morgan fingerprint density at radius 3 is 2.71 bits per heavy atom. The summed E-state index contributed by atoms with van der Waals surface area (Å²) in [5.74, 6) is 0. The second kappa shape index (κ2) is 6.97. The van der Waals surface area contributed by atoms with Gasteiger partial charge in [-0.15, -0.1) is 0 Å². The molecular formula is C13H21ClN2O. The van der Waals surface area contributed by atoms with Crippen molar-refractivity contribution in [1.29, 1.82) is 0 Å². The van der Waals surface area contributed by atoms with Crippen LogP contribution >= 0.6 is 11.6 Å². The van der Waals surface area contributed by atoms with Crippen molar-refractivity contribution >= 4 is 11.6 Å². The molecule has 0 amide bonds. The molecule has 0 aromatic heterocycles. The van der Waals surface area contributed by atoms with Crippen LogP contribution in [0.15, 0.2) is 24.3 Å². The molecule has 0 aliphatic heterocycles. The Kier molecular flexibility index (Phi) is 5.92. The van der Waals surface area contributed by atoms with Crippen LogP contribution in [0.3, 0.4) is 0 Å². The molecule has 0 saturated carbocycles. The summed E-state index contributed by atoms with van der Waals surface area (Å²) in [5.41, 5.74) is 7.21. The lowest BCUT2D eigenvalue weighted by Gasteiger charge is -2.31. The highest BCUT2D eigenvalue weighted by atomic mass is 35.5. The molecule has 17 heavy (non-hydrogen) atoms. The van der Waals surface area contributed by atoms with Crippen molar-refractivity contribution in [1.82, 2.24) is 4.90 Å². The monoisotopic (exact) mass is 256 g/mol. The average Bonchev–Trinajstić information content (AvgIpc) is 2.26. The van der Waals surface area contributed by atoms with Gasteiger partial charge in [0, 0.05) is 30.8 Å². The zero-order chi connectivity index (χ0) is 12.8. The number of likely N-dealkylation sites (N-methyl/N-ethyl adjacent to an activating group) is 1. The quantitative estimate of drug-likeness (QED) is 0.849. The maximum absolute atomic E-state index is 6.07. The molecule has 0 heterocycles. The van der Waals surface area contributed by atoms with E-state index in [4.69, 9.17) is 22.1 Å². The molecule has 3 nitrogen and oxygen atoms in total. The molecule has 2 atom stereocenters. The van der Waals surface area contributed by atoms with E-state index in [2.05, 4.69) is 11.0 Å². The van der Waals surface area contributed by atoms with Gasteiger partial charge in [0.1, 0.15) is 0 Å². The van der Waals surface area contributed by atoms with Crippen molar-refractivity contribution in [2.45, 2.75) is 19.0 Å². The maximum atomic E-state index is 6.07. The molecular weight excluding hydrogens is 236 g/mol. The summed E-state index contributed by atoms with van der Waals surface area (Å²) in [7, 11) is 3.75. The number of benzene rings is 1. The Balaban J connectivity index is 2.85. The van der Waals surface area contributed by atoms with Crippen molar-refractivity contribution in [3.05, 3.63) is 34.9 Å². The van der Waals surface area contributed by atoms with Gasteiger partial charge < -0.3 is 10.5 Å². The standard InChI is InChI=1S/C13H21ClN2O/c1-10(15)13(16(2)7-8-17-3)11-5-4-6-12(14)9-11/h4-6,9-10,13H,7-8,15H2,1-3H3. The van der Waals surface area contributed by atoms with Gasteiger partial charge in [-0.05, 0) is 31.7 Å². The Morgan fingerprint density at radius 2 is 2.18 bits per heavy atom. The first-order chi connectivity index (χ1) is 8.06. The SMILES string of the molecule is COCCN(C)C(c1cccc(Cl)c1)C(C)N. The number of rotatable bonds is 6. The first kappa shape index (κ1) is 14.5. The van der Waals surface area contributed by atoms with Crippen molar-refractivity contribution < 1.29 is 4.74 Å². The molecule has 4 heteroatoms. The van der Waals surface area contributed by atoms with Crippen LogP contribution < -0.4 is 5.73 Å². The molecule has 0 saturated heterocycles. The van der Waals surface area contributed by atoms with Gasteiger partial charge in [-0.1, -0.05) is 23.7 Å². The van der Waals surface area contributed by atoms with Gasteiger partial charge in [-0.2, -0.15) is 0 Å². The lowest BCUT2D eigenvalue weighted by Crippen LogP contribution is -2.38. The van der Waals surface area contributed by atoms with Gasteiger partial charge in [-0.25, -0.2) is 0 Å². The zero-order valence-corrected chi connectivity index (χ0v) is 11.4. The molecule has 0 aliphatic rings. The molecule has 0 aliphatic carbocycles. The summed E-state index contributed by atoms with van der Waals surface area (Å²) >= 11 is 6.02. The maximum Gasteiger partial charge on any atom is 0.0589 e. The van der Waals surface area contributed by atoms with Crippen LogP contribution in [0.2, 0.25) is 5.02 Å². The predicted molar refractivity (Wildman–Crippen MR) is 72.3 cm³/mol. The summed E-state index contributed by atoms with van der Waals surface area (Å²) in [5, 5.41) is 0.744. The number of ether oxygens (including phenoxy) is 1. The number of nitrogens with two attached hydrogens (primary N) is 1. The highest BCUT2D eigenvalue weighted by molar-refractivity contribution is 6.30. The van der Waals surface area contributed by atoms with E-state index in [1.165, 1.54) is 0 Å². The average molecular weight is 257 g/mol. The van der Waals surface area contributed by atoms with Crippen molar-refractivity contribution in [3.63, 3.8) is 0 Å². The minimum Gasteiger partial charge on any atom is -0.383 e. The topological polar surface area (TPSA) is 38.5 Å². The van der Waals surface area contributed by atoms with E-state index >= 15 is 0 Å². The number of nitrogens with zero attached hydrogens (tertiary/aromatic N) is 1. The second-order valence-corrected chi connectivity index (χ2v) is 4.77. The van der Waals surface area contributed by atoms with Crippen molar-refractivity contribution in [2.75, 3.05) is 27.3 Å². The van der Waals surface area contributed by atoms with Crippen LogP contribution in [-0.4, -0.2) is 38.3 Å². The fourth-order valence-electron chi connectivity index (χ4n) is 2.02. The first-order valence-electron chi connectivity index (χ1n) is 5.76. The number of hydrogen-bond donors (Lipinski definition) is 1. The van der Waals surface area contributed by atoms with Gasteiger partial charge >= 0.3 is 0 Å². The third-order valence-electron chi connectivity index (χ3n) is 2.81. The minimum atomic E-state index is 0.0373. The first-order valence-corrected chi connectivity index (χ1v) is 6.14. The van der Waals surface area contributed by atoms with E-state index in [0.29, 0.717) is 6.61 Å². The van der Waals surface area contributed by atoms with Gasteiger partial charge in [-0.3, -0.25) is 4.90 Å². The Bertz CT molecular complexity index is 344. The summed E-state index contributed by atoms with van der Waals surface area (Å²) in [6.07, 6.45) is 0. The highest BCUT2D eigenvalue weighted by Gasteiger charge is 2.20. The molecule has 96 valence electrons. The number of methoxy groups -OCH3 is 1. The van der Waals surface area contributed by atoms with Crippen LogP contribution in [0.5, 0.6) is 0 Å². The third kappa shape index (κ3) is 4.28. The molecule has 2 N–H and O–H groups in total. The van der Waals surface area contributed by atoms with E-state index in [1.807, 2.05) is 32.2 Å². The Morgan fingerprint density at radius 1 is 1.47 bits per heavy atom. The van der Waals surface area contributed by atoms with Gasteiger partial charge in [0.25, 0.3) is 0 Å². The highest BCUT2D eigenvalue weighted by Crippen LogP contribution is 2.24. The zero-order valence-electron chi connectivity index (χ0n) is 10.7. The third-order valence-corrected chi connectivity index (χ3v) is 3.05. The van der Waals surface area contributed by atoms with Gasteiger partial charge in [0.2, 0.25) is 0 Å². The van der Waals surface area contributed by atoms with E-state index in [0.717, 1.165) is 17.1 Å². The lowest BCUT2D eigenvalue weighted by atomic mass is 10.00. The molecule has 0 bridgehead atoms. The van der Waals surface area contributed by atoms with Gasteiger partial charge in [0.15, 0.2) is 0 Å². The van der Waals surface area contributed by atoms with E-state index in [9.17, 15) is 0 Å². The minimum absolute atomic E-state index is 0.0373. The molecule has 2 unspecified atom stereocenters. The molecule has 0 fully saturated rings. The van der Waals surface area contributed by atoms with E-state index in [-0.39, 0.29) is 12.1 Å². The van der Waals surface area contributed by atoms with Crippen molar-refractivity contribution in [3.8, 4) is 0 Å². The van der Waals surface area contributed by atoms with E-state index < -0.39 is 0 Å². The van der Waals surface area contributed by atoms with Crippen LogP contribution in [-0.2, 0) is 4.74 Å². The molecule has 1 rings (SSSR count). The largest absolute Gasteiger partial charge is 0.383 e. The van der Waals surface area contributed by atoms with Crippen molar-refractivity contribution in [2.24, 2.45) is 5.73 Å². The molecule has 1 aromatic carbocycles. The smallest absolute Gasteiger partial charge is 0.0589 e. The van der Waals surface area contributed by atoms with Crippen LogP contribution in [0.25, 0.3) is 0 Å². The molecule has 1 aromatic rings. The Hall–Kier alpha value is -0.610. The van der Waals surface area contributed by atoms with Gasteiger partial charge in [0.05, 0.1) is 6.61 Å². The normalized spacial score (nSPS) is 14.9. The number of hydrogen-bond acceptors (Lipinski definition) is 3. The van der Waals surface area contributed by atoms with Crippen LogP contribution in [0.4, 0.5) is 0 Å². The number of halogens is 1. The predicted octanol–water partition coefficient (Wildman–Crippen LogP) is 2.31. The Labute approximate surface area is 109 Å².